The minimum Gasteiger partial charge on any atom is -0.301 e. The van der Waals surface area contributed by atoms with Gasteiger partial charge in [0.15, 0.2) is 0 Å². The first-order valence-corrected chi connectivity index (χ1v) is 7.50. The molecule has 0 atom stereocenters. The molecule has 3 aromatic rings. The highest BCUT2D eigenvalue weighted by Gasteiger charge is 2.10. The molecule has 0 aliphatic heterocycles. The van der Waals surface area contributed by atoms with Crippen LogP contribution in [-0.2, 0) is 11.9 Å². The van der Waals surface area contributed by atoms with Gasteiger partial charge in [0.2, 0.25) is 0 Å². The molecule has 0 aliphatic carbocycles. The number of rotatable bonds is 3. The summed E-state index contributed by atoms with van der Waals surface area (Å²) in [5, 5.41) is 0.464. The third kappa shape index (κ3) is 2.39. The molecule has 2 aromatic carbocycles. The molecule has 0 saturated heterocycles. The molecule has 0 aliphatic rings. The van der Waals surface area contributed by atoms with Crippen LogP contribution in [0.4, 0.5) is 0 Å². The average Bonchev–Trinajstić information content (AvgIpc) is 2.51. The van der Waals surface area contributed by atoms with E-state index in [0.717, 1.165) is 16.6 Å². The van der Waals surface area contributed by atoms with Crippen molar-refractivity contribution >= 4 is 27.0 Å². The zero-order valence-corrected chi connectivity index (χ0v) is 12.4. The van der Waals surface area contributed by atoms with E-state index >= 15 is 0 Å². The molecule has 0 bridgehead atoms. The Bertz CT molecular complexity index is 796. The van der Waals surface area contributed by atoms with E-state index < -0.39 is 0 Å². The predicted molar refractivity (Wildman–Crippen MR) is 84.2 cm³/mol. The molecule has 0 radical (unpaired) electrons. The molecule has 0 amide bonds. The van der Waals surface area contributed by atoms with E-state index in [1.807, 2.05) is 54.6 Å². The second-order valence-electron chi connectivity index (χ2n) is 4.56. The topological polar surface area (TPSA) is 34.9 Å². The maximum Gasteiger partial charge on any atom is 0.273 e. The van der Waals surface area contributed by atoms with Crippen LogP contribution in [-0.4, -0.2) is 9.55 Å². The molecule has 0 fully saturated rings. The Balaban J connectivity index is 2.22. The lowest BCUT2D eigenvalue weighted by atomic mass is 10.2. The van der Waals surface area contributed by atoms with E-state index in [2.05, 4.69) is 20.9 Å². The smallest absolute Gasteiger partial charge is 0.273 e. The monoisotopic (exact) mass is 328 g/mol. The third-order valence-electron chi connectivity index (χ3n) is 3.23. The van der Waals surface area contributed by atoms with Crippen LogP contribution >= 0.6 is 15.9 Å². The van der Waals surface area contributed by atoms with Gasteiger partial charge in [-0.15, -0.1) is 0 Å². The Labute approximate surface area is 125 Å². The van der Waals surface area contributed by atoms with Gasteiger partial charge in [-0.3, -0.25) is 4.79 Å². The van der Waals surface area contributed by atoms with E-state index in [1.165, 1.54) is 0 Å². The molecule has 1 aromatic heterocycles. The number of hydrogen-bond acceptors (Lipinski definition) is 2. The van der Waals surface area contributed by atoms with Gasteiger partial charge in [0.1, 0.15) is 5.69 Å². The molecule has 0 spiro atoms. The van der Waals surface area contributed by atoms with Gasteiger partial charge in [-0.05, 0) is 17.7 Å². The average molecular weight is 329 g/mol. The van der Waals surface area contributed by atoms with Gasteiger partial charge < -0.3 is 4.57 Å². The lowest BCUT2D eigenvalue weighted by molar-refractivity contribution is 0.775. The van der Waals surface area contributed by atoms with E-state index in [1.54, 1.807) is 4.57 Å². The summed E-state index contributed by atoms with van der Waals surface area (Å²) in [6.45, 7) is 0.558. The van der Waals surface area contributed by atoms with Gasteiger partial charge in [0.05, 0.1) is 22.9 Å². The second-order valence-corrected chi connectivity index (χ2v) is 5.12. The highest BCUT2D eigenvalue weighted by Crippen LogP contribution is 2.13. The number of alkyl halides is 1. The Morgan fingerprint density at radius 2 is 1.70 bits per heavy atom. The summed E-state index contributed by atoms with van der Waals surface area (Å²) in [7, 11) is 0. The summed E-state index contributed by atoms with van der Waals surface area (Å²) < 4.78 is 1.79. The fourth-order valence-electron chi connectivity index (χ4n) is 2.26. The Kier molecular flexibility index (Phi) is 3.65. The van der Waals surface area contributed by atoms with Crippen LogP contribution in [0.25, 0.3) is 11.0 Å². The maximum atomic E-state index is 12.5. The summed E-state index contributed by atoms with van der Waals surface area (Å²) in [5.74, 6) is 0. The van der Waals surface area contributed by atoms with Crippen molar-refractivity contribution in [2.24, 2.45) is 0 Å². The molecule has 1 heterocycles. The molecule has 0 N–H and O–H groups in total. The largest absolute Gasteiger partial charge is 0.301 e. The second kappa shape index (κ2) is 5.59. The third-order valence-corrected chi connectivity index (χ3v) is 3.76. The van der Waals surface area contributed by atoms with Crippen LogP contribution < -0.4 is 5.56 Å². The van der Waals surface area contributed by atoms with Gasteiger partial charge in [0.25, 0.3) is 5.56 Å². The fourth-order valence-corrected chi connectivity index (χ4v) is 2.62. The Hall–Kier alpha value is -1.94. The van der Waals surface area contributed by atoms with Crippen molar-refractivity contribution in [1.82, 2.24) is 9.55 Å². The Morgan fingerprint density at radius 3 is 2.45 bits per heavy atom. The first-order chi connectivity index (χ1) is 9.79. The van der Waals surface area contributed by atoms with Crippen molar-refractivity contribution in [2.45, 2.75) is 11.9 Å². The van der Waals surface area contributed by atoms with Crippen molar-refractivity contribution in [3.8, 4) is 0 Å². The highest BCUT2D eigenvalue weighted by molar-refractivity contribution is 9.08. The lowest BCUT2D eigenvalue weighted by Gasteiger charge is -2.11. The van der Waals surface area contributed by atoms with Crippen molar-refractivity contribution in [1.29, 1.82) is 0 Å². The molecule has 0 unspecified atom stereocenters. The Morgan fingerprint density at radius 1 is 1.00 bits per heavy atom. The van der Waals surface area contributed by atoms with Crippen LogP contribution in [0.5, 0.6) is 0 Å². The zero-order chi connectivity index (χ0) is 13.9. The molecular formula is C16H13BrN2O. The fraction of sp³-hybridized carbons (Fsp3) is 0.125. The summed E-state index contributed by atoms with van der Waals surface area (Å²) in [5.41, 5.74) is 3.32. The van der Waals surface area contributed by atoms with Crippen molar-refractivity contribution in [3.05, 3.63) is 76.2 Å². The number of benzene rings is 2. The van der Waals surface area contributed by atoms with Crippen molar-refractivity contribution in [3.63, 3.8) is 0 Å². The predicted octanol–water partition coefficient (Wildman–Crippen LogP) is 3.34. The van der Waals surface area contributed by atoms with Crippen LogP contribution in [0.2, 0.25) is 0 Å². The van der Waals surface area contributed by atoms with Crippen LogP contribution in [0, 0.1) is 0 Å². The summed E-state index contributed by atoms with van der Waals surface area (Å²) in [6.07, 6.45) is 0. The number of hydrogen-bond donors (Lipinski definition) is 0. The van der Waals surface area contributed by atoms with Gasteiger partial charge >= 0.3 is 0 Å². The molecule has 4 heteroatoms. The molecule has 3 rings (SSSR count). The van der Waals surface area contributed by atoms with E-state index in [-0.39, 0.29) is 5.56 Å². The van der Waals surface area contributed by atoms with Crippen LogP contribution in [0.3, 0.4) is 0 Å². The van der Waals surface area contributed by atoms with E-state index in [0.29, 0.717) is 17.6 Å². The minimum absolute atomic E-state index is 0.0376. The molecular weight excluding hydrogens is 316 g/mol. The first-order valence-electron chi connectivity index (χ1n) is 6.38. The van der Waals surface area contributed by atoms with Crippen LogP contribution in [0.15, 0.2) is 59.4 Å². The summed E-state index contributed by atoms with van der Waals surface area (Å²) in [4.78, 5) is 16.9. The standard InChI is InChI=1S/C16H13BrN2O/c17-10-14-16(20)19(11-12-6-2-1-3-7-12)15-9-5-4-8-13(15)18-14/h1-9H,10-11H2. The van der Waals surface area contributed by atoms with Gasteiger partial charge in [-0.25, -0.2) is 4.98 Å². The molecule has 20 heavy (non-hydrogen) atoms. The molecule has 3 nitrogen and oxygen atoms in total. The zero-order valence-electron chi connectivity index (χ0n) is 10.8. The normalized spacial score (nSPS) is 10.8. The molecule has 0 saturated carbocycles. The number of nitrogens with zero attached hydrogens (tertiary/aromatic N) is 2. The van der Waals surface area contributed by atoms with Crippen molar-refractivity contribution < 1.29 is 0 Å². The summed E-state index contributed by atoms with van der Waals surface area (Å²) >= 11 is 3.34. The SMILES string of the molecule is O=c1c(CBr)nc2ccccc2n1Cc1ccccc1. The lowest BCUT2D eigenvalue weighted by Crippen LogP contribution is -2.25. The maximum absolute atomic E-state index is 12.5. The van der Waals surface area contributed by atoms with Crippen LogP contribution in [0.1, 0.15) is 11.3 Å². The van der Waals surface area contributed by atoms with Gasteiger partial charge in [0, 0.05) is 0 Å². The minimum atomic E-state index is -0.0376. The number of fused-ring (bicyclic) bond motifs is 1. The van der Waals surface area contributed by atoms with Gasteiger partial charge in [-0.2, -0.15) is 0 Å². The first kappa shape index (κ1) is 13.1. The summed E-state index contributed by atoms with van der Waals surface area (Å²) in [6, 6.07) is 17.7. The quantitative estimate of drug-likeness (QED) is 0.691. The number of para-hydroxylation sites is 2. The molecule has 100 valence electrons. The van der Waals surface area contributed by atoms with Crippen molar-refractivity contribution in [2.75, 3.05) is 0 Å². The number of halogens is 1. The van der Waals surface area contributed by atoms with E-state index in [9.17, 15) is 4.79 Å². The highest BCUT2D eigenvalue weighted by atomic mass is 79.9. The number of aromatic nitrogens is 2. The van der Waals surface area contributed by atoms with E-state index in [4.69, 9.17) is 0 Å². The van der Waals surface area contributed by atoms with Gasteiger partial charge in [-0.1, -0.05) is 58.4 Å².